The minimum absolute atomic E-state index is 0.0347. The smallest absolute Gasteiger partial charge is 0.269 e. The summed E-state index contributed by atoms with van der Waals surface area (Å²) in [6.45, 7) is 0.577. The van der Waals surface area contributed by atoms with E-state index in [1.807, 2.05) is 0 Å². The molecule has 2 rings (SSSR count). The molecule has 0 spiro atoms. The molecule has 0 aliphatic heterocycles. The Hall–Kier alpha value is -2.06. The molecule has 0 bridgehead atoms. The lowest BCUT2D eigenvalue weighted by Crippen LogP contribution is -2.26. The van der Waals surface area contributed by atoms with Crippen molar-refractivity contribution in [2.45, 2.75) is 16.2 Å². The molecule has 5 nitrogen and oxygen atoms in total. The van der Waals surface area contributed by atoms with Gasteiger partial charge in [-0.1, -0.05) is 0 Å². The minimum Gasteiger partial charge on any atom is -0.355 e. The summed E-state index contributed by atoms with van der Waals surface area (Å²) in [6, 6.07) is 12.4. The fraction of sp³-hybridized carbons (Fsp3) is 0.235. The van der Waals surface area contributed by atoms with Crippen LogP contribution < -0.4 is 5.32 Å². The van der Waals surface area contributed by atoms with Gasteiger partial charge in [-0.15, -0.1) is 23.5 Å². The highest BCUT2D eigenvalue weighted by Crippen LogP contribution is 2.21. The van der Waals surface area contributed by atoms with Gasteiger partial charge in [0.15, 0.2) is 0 Å². The van der Waals surface area contributed by atoms with Crippen LogP contribution in [0.3, 0.4) is 0 Å². The maximum Gasteiger partial charge on any atom is 0.269 e. The molecule has 0 fully saturated rings. The maximum atomic E-state index is 12.8. The Kier molecular flexibility index (Phi) is 7.75. The summed E-state index contributed by atoms with van der Waals surface area (Å²) in [4.78, 5) is 23.7. The van der Waals surface area contributed by atoms with Crippen molar-refractivity contribution in [2.75, 3.05) is 18.1 Å². The molecule has 0 saturated carbocycles. The van der Waals surface area contributed by atoms with Crippen molar-refractivity contribution in [2.24, 2.45) is 0 Å². The van der Waals surface area contributed by atoms with Crippen LogP contribution in [0, 0.1) is 15.9 Å². The standard InChI is InChI=1S/C17H17FN2O3S2/c18-13-2-6-15(7-3-13)24-11-1-10-19-17(21)12-25-16-8-4-14(5-9-16)20(22)23/h2-9H,1,10-12H2,(H,19,21). The number of nitro groups is 1. The van der Waals surface area contributed by atoms with Crippen LogP contribution in [0.5, 0.6) is 0 Å². The molecule has 0 saturated heterocycles. The van der Waals surface area contributed by atoms with Gasteiger partial charge in [0.2, 0.25) is 5.91 Å². The van der Waals surface area contributed by atoms with E-state index in [-0.39, 0.29) is 23.2 Å². The van der Waals surface area contributed by atoms with Crippen molar-refractivity contribution in [1.82, 2.24) is 5.32 Å². The van der Waals surface area contributed by atoms with Crippen LogP contribution in [-0.2, 0) is 4.79 Å². The predicted octanol–water partition coefficient (Wildman–Crippen LogP) is 4.12. The molecule has 0 radical (unpaired) electrons. The molecule has 0 aliphatic carbocycles. The van der Waals surface area contributed by atoms with Crippen LogP contribution in [0.1, 0.15) is 6.42 Å². The molecule has 0 aliphatic rings. The molecule has 0 atom stereocenters. The van der Waals surface area contributed by atoms with Crippen LogP contribution in [0.25, 0.3) is 0 Å². The highest BCUT2D eigenvalue weighted by Gasteiger charge is 2.06. The molecule has 1 amide bonds. The van der Waals surface area contributed by atoms with Gasteiger partial charge in [-0.05, 0) is 48.6 Å². The van der Waals surface area contributed by atoms with Crippen molar-refractivity contribution in [3.63, 3.8) is 0 Å². The molecule has 132 valence electrons. The third-order valence-electron chi connectivity index (χ3n) is 3.14. The van der Waals surface area contributed by atoms with Crippen LogP contribution in [0.2, 0.25) is 0 Å². The van der Waals surface area contributed by atoms with Gasteiger partial charge in [0, 0.05) is 28.5 Å². The molecular weight excluding hydrogens is 363 g/mol. The zero-order valence-electron chi connectivity index (χ0n) is 13.3. The Balaban J connectivity index is 1.59. The first-order chi connectivity index (χ1) is 12.0. The normalized spacial score (nSPS) is 10.4. The fourth-order valence-electron chi connectivity index (χ4n) is 1.88. The van der Waals surface area contributed by atoms with E-state index in [4.69, 9.17) is 0 Å². The number of nitrogens with zero attached hydrogens (tertiary/aromatic N) is 1. The molecule has 8 heteroatoms. The van der Waals surface area contributed by atoms with Gasteiger partial charge >= 0.3 is 0 Å². The molecule has 25 heavy (non-hydrogen) atoms. The molecule has 0 aromatic heterocycles. The lowest BCUT2D eigenvalue weighted by molar-refractivity contribution is -0.384. The minimum atomic E-state index is -0.453. The quantitative estimate of drug-likeness (QED) is 0.307. The number of halogens is 1. The number of rotatable bonds is 9. The number of non-ortho nitro benzene ring substituents is 1. The third-order valence-corrected chi connectivity index (χ3v) is 5.25. The van der Waals surface area contributed by atoms with Gasteiger partial charge in [0.25, 0.3) is 5.69 Å². The summed E-state index contributed by atoms with van der Waals surface area (Å²) < 4.78 is 12.8. The number of thioether (sulfide) groups is 2. The lowest BCUT2D eigenvalue weighted by atomic mass is 10.3. The summed E-state index contributed by atoms with van der Waals surface area (Å²) in [6.07, 6.45) is 0.815. The summed E-state index contributed by atoms with van der Waals surface area (Å²) in [5, 5.41) is 13.4. The Morgan fingerprint density at radius 2 is 1.64 bits per heavy atom. The second-order valence-corrected chi connectivity index (χ2v) is 7.26. The largest absolute Gasteiger partial charge is 0.355 e. The average Bonchev–Trinajstić information content (AvgIpc) is 2.61. The van der Waals surface area contributed by atoms with Crippen molar-refractivity contribution >= 4 is 35.1 Å². The summed E-state index contributed by atoms with van der Waals surface area (Å²) in [5.41, 5.74) is 0.0347. The Morgan fingerprint density at radius 3 is 2.28 bits per heavy atom. The summed E-state index contributed by atoms with van der Waals surface area (Å²) >= 11 is 2.95. The first-order valence-electron chi connectivity index (χ1n) is 7.57. The van der Waals surface area contributed by atoms with Crippen molar-refractivity contribution in [3.05, 3.63) is 64.5 Å². The topological polar surface area (TPSA) is 72.2 Å². The van der Waals surface area contributed by atoms with Crippen LogP contribution >= 0.6 is 23.5 Å². The predicted molar refractivity (Wildman–Crippen MR) is 98.6 cm³/mol. The van der Waals surface area contributed by atoms with Crippen molar-refractivity contribution in [3.8, 4) is 0 Å². The van der Waals surface area contributed by atoms with Gasteiger partial charge in [-0.25, -0.2) is 4.39 Å². The maximum absolute atomic E-state index is 12.8. The summed E-state index contributed by atoms with van der Waals surface area (Å²) in [5.74, 6) is 0.780. The summed E-state index contributed by atoms with van der Waals surface area (Å²) in [7, 11) is 0. The van der Waals surface area contributed by atoms with E-state index in [0.717, 1.165) is 22.0 Å². The second kappa shape index (κ2) is 10.0. The molecule has 1 N–H and O–H groups in total. The van der Waals surface area contributed by atoms with E-state index in [2.05, 4.69) is 5.32 Å². The Morgan fingerprint density at radius 1 is 1.04 bits per heavy atom. The van der Waals surface area contributed by atoms with E-state index in [1.165, 1.54) is 36.0 Å². The van der Waals surface area contributed by atoms with Gasteiger partial charge in [0.05, 0.1) is 10.7 Å². The van der Waals surface area contributed by atoms with Gasteiger partial charge < -0.3 is 5.32 Å². The number of nitro benzene ring substituents is 1. The highest BCUT2D eigenvalue weighted by molar-refractivity contribution is 8.00. The van der Waals surface area contributed by atoms with E-state index < -0.39 is 4.92 Å². The second-order valence-electron chi connectivity index (χ2n) is 5.05. The molecule has 2 aromatic rings. The molecule has 0 unspecified atom stereocenters. The number of hydrogen-bond donors (Lipinski definition) is 1. The van der Waals surface area contributed by atoms with Crippen molar-refractivity contribution in [1.29, 1.82) is 0 Å². The average molecular weight is 380 g/mol. The van der Waals surface area contributed by atoms with Gasteiger partial charge in [0.1, 0.15) is 5.82 Å². The first-order valence-corrected chi connectivity index (χ1v) is 9.54. The number of nitrogens with one attached hydrogen (secondary N) is 1. The first kappa shape index (κ1) is 19.3. The molecular formula is C17H17FN2O3S2. The number of carbonyl (C=O) groups excluding carboxylic acids is 1. The van der Waals surface area contributed by atoms with Crippen LogP contribution in [0.15, 0.2) is 58.3 Å². The highest BCUT2D eigenvalue weighted by atomic mass is 32.2. The SMILES string of the molecule is O=C(CSc1ccc([N+](=O)[O-])cc1)NCCCSc1ccc(F)cc1. The number of benzene rings is 2. The number of hydrogen-bond acceptors (Lipinski definition) is 5. The number of carbonyl (C=O) groups is 1. The van der Waals surface area contributed by atoms with Crippen molar-refractivity contribution < 1.29 is 14.1 Å². The van der Waals surface area contributed by atoms with E-state index >= 15 is 0 Å². The zero-order chi connectivity index (χ0) is 18.1. The number of amides is 1. The zero-order valence-corrected chi connectivity index (χ0v) is 14.9. The lowest BCUT2D eigenvalue weighted by Gasteiger charge is -2.05. The van der Waals surface area contributed by atoms with Gasteiger partial charge in [-0.2, -0.15) is 0 Å². The van der Waals surface area contributed by atoms with E-state index in [9.17, 15) is 19.3 Å². The molecule has 2 aromatic carbocycles. The monoisotopic (exact) mass is 380 g/mol. The Labute approximate surface area is 153 Å². The van der Waals surface area contributed by atoms with E-state index in [1.54, 1.807) is 36.0 Å². The fourth-order valence-corrected chi connectivity index (χ4v) is 3.47. The van der Waals surface area contributed by atoms with Crippen LogP contribution in [-0.4, -0.2) is 28.9 Å². The molecule has 0 heterocycles. The van der Waals surface area contributed by atoms with E-state index in [0.29, 0.717) is 6.54 Å². The van der Waals surface area contributed by atoms with Gasteiger partial charge in [-0.3, -0.25) is 14.9 Å². The Bertz CT molecular complexity index is 709. The van der Waals surface area contributed by atoms with Crippen LogP contribution in [0.4, 0.5) is 10.1 Å². The third kappa shape index (κ3) is 7.15.